The number of hydrogen-bond acceptors (Lipinski definition) is 15. The molecule has 0 saturated carbocycles. The number of ketones is 4. The molecule has 15 heteroatoms. The molecule has 89 heavy (non-hydrogen) atoms. The minimum atomic E-state index is -2.64. The smallest absolute Gasteiger partial charge is 0.333 e. The molecule has 0 saturated heterocycles. The number of rotatable bonds is 14. The van der Waals surface area contributed by atoms with E-state index in [4.69, 9.17) is 18.9 Å². The third kappa shape index (κ3) is 8.82. The number of fused-ring (bicyclic) bond motifs is 11. The molecule has 0 bridgehead atoms. The zero-order valence-corrected chi connectivity index (χ0v) is 49.2. The second-order valence-corrected chi connectivity index (χ2v) is 25.2. The highest BCUT2D eigenvalue weighted by molar-refractivity contribution is 7.28. The van der Waals surface area contributed by atoms with Gasteiger partial charge in [0.25, 0.3) is 0 Å². The molecule has 11 aromatic rings. The Bertz CT molecular complexity index is 4420. The van der Waals surface area contributed by atoms with E-state index in [1.54, 1.807) is 158 Å². The summed E-state index contributed by atoms with van der Waals surface area (Å²) in [5.41, 5.74) is -2.34. The third-order valence-electron chi connectivity index (χ3n) is 16.8. The Morgan fingerprint density at radius 3 is 0.854 bits per heavy atom. The van der Waals surface area contributed by atoms with Crippen LogP contribution in [0.2, 0.25) is 0 Å². The summed E-state index contributed by atoms with van der Waals surface area (Å²) in [6.45, 7) is -1.31. The standard InChI is InChI=1S/C74H44O12S3/c75-61-51-29-45-25-13-14-26-46(45)30-52(51)62(76)55(61)33-49-35-57-65(87-49)67-59(73(57,69(79)83-37-41-17-5-1-6-18-41)70(80)84-38-42-19-7-2-8-20-42)60-68(89-67)66-58(36-50(88-66)34-56-63(77)53-31-47-27-15-16-28-48(47)32-54(53)64(56)78)74(60,71(81)85-39-43-21-9-3-10-22-43)72(82)86-40-44-23-11-4-12-24-44/h1-36H,37-40H2. The molecular weight excluding hydrogens is 1180 g/mol. The average Bonchev–Trinajstić information content (AvgIpc) is 1.49. The number of thiophene rings is 3. The Balaban J connectivity index is 0.970. The van der Waals surface area contributed by atoms with Crippen molar-refractivity contribution in [2.75, 3.05) is 0 Å². The predicted octanol–water partition coefficient (Wildman–Crippen LogP) is 14.6. The van der Waals surface area contributed by atoms with Crippen molar-refractivity contribution < 1.29 is 57.3 Å². The van der Waals surface area contributed by atoms with Crippen LogP contribution in [0.3, 0.4) is 0 Å². The van der Waals surface area contributed by atoms with Gasteiger partial charge in [-0.15, -0.1) is 34.0 Å². The largest absolute Gasteiger partial charge is 0.459 e. The maximum Gasteiger partial charge on any atom is 0.333 e. The summed E-state index contributed by atoms with van der Waals surface area (Å²) in [6.07, 6.45) is 2.93. The number of hydrogen-bond donors (Lipinski definition) is 0. The fourth-order valence-corrected chi connectivity index (χ4v) is 16.5. The molecule has 3 heterocycles. The van der Waals surface area contributed by atoms with Crippen LogP contribution in [0.15, 0.2) is 217 Å². The molecule has 3 aromatic heterocycles. The molecule has 4 aliphatic rings. The van der Waals surface area contributed by atoms with Crippen LogP contribution in [0.5, 0.6) is 0 Å². The predicted molar refractivity (Wildman–Crippen MR) is 339 cm³/mol. The van der Waals surface area contributed by atoms with E-state index in [9.17, 15) is 19.2 Å². The molecule has 8 aromatic carbocycles. The van der Waals surface area contributed by atoms with E-state index < -0.39 is 57.8 Å². The molecule has 0 spiro atoms. The lowest BCUT2D eigenvalue weighted by molar-refractivity contribution is -0.167. The number of esters is 4. The van der Waals surface area contributed by atoms with E-state index in [0.717, 1.165) is 55.6 Å². The van der Waals surface area contributed by atoms with Crippen molar-refractivity contribution in [2.45, 2.75) is 37.3 Å². The van der Waals surface area contributed by atoms with Gasteiger partial charge >= 0.3 is 23.9 Å². The van der Waals surface area contributed by atoms with Gasteiger partial charge in [-0.3, -0.25) is 38.4 Å². The van der Waals surface area contributed by atoms with Crippen LogP contribution in [-0.2, 0) is 75.4 Å². The number of allylic oxidation sites excluding steroid dienone is 2. The normalized spacial score (nSPS) is 14.4. The zero-order chi connectivity index (χ0) is 60.7. The lowest BCUT2D eigenvalue weighted by Crippen LogP contribution is -2.50. The molecule has 0 atom stereocenters. The minimum absolute atomic E-state index is 0.0611. The summed E-state index contributed by atoms with van der Waals surface area (Å²) < 4.78 is 25.4. The minimum Gasteiger partial charge on any atom is -0.459 e. The summed E-state index contributed by atoms with van der Waals surface area (Å²) in [5, 5.41) is 3.10. The van der Waals surface area contributed by atoms with Crippen LogP contribution < -0.4 is 0 Å². The van der Waals surface area contributed by atoms with Gasteiger partial charge < -0.3 is 18.9 Å². The Morgan fingerprint density at radius 2 is 0.584 bits per heavy atom. The summed E-state index contributed by atoms with van der Waals surface area (Å²) in [7, 11) is 0. The van der Waals surface area contributed by atoms with Crippen LogP contribution in [0, 0.1) is 0 Å². The van der Waals surface area contributed by atoms with Crippen LogP contribution in [0.25, 0.3) is 53.2 Å². The molecule has 0 fully saturated rings. The summed E-state index contributed by atoms with van der Waals surface area (Å²) >= 11 is 3.30. The van der Waals surface area contributed by atoms with Crippen LogP contribution in [0.4, 0.5) is 0 Å². The summed E-state index contributed by atoms with van der Waals surface area (Å²) in [5.74, 6) is -6.45. The topological polar surface area (TPSA) is 173 Å². The first-order valence-electron chi connectivity index (χ1n) is 28.4. The monoisotopic (exact) mass is 1220 g/mol. The first-order valence-corrected chi connectivity index (χ1v) is 30.9. The maximum absolute atomic E-state index is 16.3. The summed E-state index contributed by atoms with van der Waals surface area (Å²) in [6, 6.07) is 60.1. The molecule has 430 valence electrons. The highest BCUT2D eigenvalue weighted by Crippen LogP contribution is 2.68. The molecule has 0 radical (unpaired) electrons. The van der Waals surface area contributed by atoms with Crippen LogP contribution in [-0.4, -0.2) is 47.0 Å². The third-order valence-corrected chi connectivity index (χ3v) is 20.4. The fourth-order valence-electron chi connectivity index (χ4n) is 12.5. The highest BCUT2D eigenvalue weighted by Gasteiger charge is 2.69. The van der Waals surface area contributed by atoms with Crippen molar-refractivity contribution in [3.8, 4) is 19.5 Å². The van der Waals surface area contributed by atoms with E-state index in [2.05, 4.69) is 0 Å². The Kier molecular flexibility index (Phi) is 13.4. The molecule has 12 nitrogen and oxygen atoms in total. The Labute approximate surface area is 519 Å². The highest BCUT2D eigenvalue weighted by atomic mass is 32.1. The van der Waals surface area contributed by atoms with Gasteiger partial charge in [0, 0.05) is 54.3 Å². The van der Waals surface area contributed by atoms with Crippen molar-refractivity contribution in [3.05, 3.63) is 294 Å². The second-order valence-electron chi connectivity index (χ2n) is 22.0. The molecule has 15 rings (SSSR count). The van der Waals surface area contributed by atoms with Gasteiger partial charge in [-0.05, 0) is 92.3 Å². The number of ether oxygens (including phenoxy) is 4. The fraction of sp³-hybridized carbons (Fsp3) is 0.0811. The number of benzene rings is 8. The lowest BCUT2D eigenvalue weighted by Gasteiger charge is -2.32. The van der Waals surface area contributed by atoms with Gasteiger partial charge in [0.2, 0.25) is 10.8 Å². The Hall–Kier alpha value is -10.6. The van der Waals surface area contributed by atoms with E-state index in [1.807, 2.05) is 48.5 Å². The Morgan fingerprint density at radius 1 is 0.326 bits per heavy atom. The van der Waals surface area contributed by atoms with Gasteiger partial charge in [0.05, 0.1) is 30.7 Å². The van der Waals surface area contributed by atoms with Crippen LogP contribution in [0.1, 0.15) is 95.7 Å². The first-order chi connectivity index (χ1) is 43.4. The van der Waals surface area contributed by atoms with Crippen molar-refractivity contribution in [1.82, 2.24) is 0 Å². The molecular formula is C74H44O12S3. The van der Waals surface area contributed by atoms with Gasteiger partial charge in [-0.1, -0.05) is 170 Å². The van der Waals surface area contributed by atoms with Crippen LogP contribution >= 0.6 is 34.0 Å². The lowest BCUT2D eigenvalue weighted by atomic mass is 9.70. The van der Waals surface area contributed by atoms with Gasteiger partial charge in [0.15, 0.2) is 23.1 Å². The van der Waals surface area contributed by atoms with E-state index in [1.165, 1.54) is 12.2 Å². The SMILES string of the molecule is O=C1C(=Cc2cc3c(s2)-c2sc4c(c2C3(C(=O)OCc2ccccc2)C(=O)OCc2ccccc2)C(C(=O)OCc2ccccc2)(C(=O)OCc2ccccc2)c2cc(C=C3C(=O)c5cc6ccccc6cc5C3=O)sc2-4)C(=O)c2cc3ccccc3cc21. The van der Waals surface area contributed by atoms with Crippen molar-refractivity contribution in [2.24, 2.45) is 0 Å². The van der Waals surface area contributed by atoms with Crippen molar-refractivity contribution in [3.63, 3.8) is 0 Å². The molecule has 0 aliphatic heterocycles. The number of carbonyl (C=O) groups is 8. The molecule has 4 aliphatic carbocycles. The first kappa shape index (κ1) is 55.0. The second kappa shape index (κ2) is 21.7. The van der Waals surface area contributed by atoms with Gasteiger partial charge in [-0.25, -0.2) is 0 Å². The van der Waals surface area contributed by atoms with E-state index >= 15 is 19.2 Å². The van der Waals surface area contributed by atoms with Gasteiger partial charge in [0.1, 0.15) is 26.4 Å². The molecule has 0 amide bonds. The average molecular weight is 1220 g/mol. The quantitative estimate of drug-likeness (QED) is 0.0332. The van der Waals surface area contributed by atoms with E-state index in [-0.39, 0.29) is 91.8 Å². The maximum atomic E-state index is 16.3. The summed E-state index contributed by atoms with van der Waals surface area (Å²) in [4.78, 5) is 125. The van der Waals surface area contributed by atoms with Crippen molar-refractivity contribution in [1.29, 1.82) is 0 Å². The van der Waals surface area contributed by atoms with E-state index in [0.29, 0.717) is 41.8 Å². The molecule has 0 unspecified atom stereocenters. The zero-order valence-electron chi connectivity index (χ0n) is 46.7. The number of Topliss-reactive ketones (excluding diaryl/α,β-unsaturated/α-hetero) is 4. The number of carbonyl (C=O) groups excluding carboxylic acids is 8. The van der Waals surface area contributed by atoms with Gasteiger partial charge in [-0.2, -0.15) is 0 Å². The van der Waals surface area contributed by atoms with Crippen molar-refractivity contribution >= 4 is 115 Å². The molecule has 0 N–H and O–H groups in total.